The van der Waals surface area contributed by atoms with E-state index in [1.165, 1.54) is 12.8 Å². The Morgan fingerprint density at radius 3 is 3.12 bits per heavy atom. The van der Waals surface area contributed by atoms with Crippen LogP contribution in [-0.2, 0) is 4.74 Å². The van der Waals surface area contributed by atoms with Gasteiger partial charge in [0.1, 0.15) is 6.61 Å². The molecule has 88 valence electrons. The SMILES string of the molecule is Cc1cc(Br)cnc1OCC1CCCCO1. The Labute approximate surface area is 104 Å². The van der Waals surface area contributed by atoms with E-state index in [1.807, 2.05) is 13.0 Å². The molecule has 2 heterocycles. The van der Waals surface area contributed by atoms with Crippen LogP contribution in [0.4, 0.5) is 0 Å². The lowest BCUT2D eigenvalue weighted by molar-refractivity contribution is -0.0120. The van der Waals surface area contributed by atoms with E-state index < -0.39 is 0 Å². The first kappa shape index (κ1) is 11.9. The number of hydrogen-bond donors (Lipinski definition) is 0. The maximum Gasteiger partial charge on any atom is 0.216 e. The molecule has 0 amide bonds. The fourth-order valence-corrected chi connectivity index (χ4v) is 2.24. The van der Waals surface area contributed by atoms with E-state index in [0.29, 0.717) is 12.5 Å². The number of halogens is 1. The van der Waals surface area contributed by atoms with Crippen LogP contribution in [0.3, 0.4) is 0 Å². The summed E-state index contributed by atoms with van der Waals surface area (Å²) in [5.41, 5.74) is 1.05. The Kier molecular flexibility index (Phi) is 4.18. The van der Waals surface area contributed by atoms with Crippen LogP contribution in [-0.4, -0.2) is 24.3 Å². The Morgan fingerprint density at radius 1 is 1.56 bits per heavy atom. The van der Waals surface area contributed by atoms with Gasteiger partial charge in [0, 0.05) is 22.8 Å². The van der Waals surface area contributed by atoms with Crippen LogP contribution in [0.2, 0.25) is 0 Å². The van der Waals surface area contributed by atoms with Gasteiger partial charge >= 0.3 is 0 Å². The Bertz CT molecular complexity index is 351. The zero-order chi connectivity index (χ0) is 11.4. The van der Waals surface area contributed by atoms with Crippen molar-refractivity contribution in [2.75, 3.05) is 13.2 Å². The van der Waals surface area contributed by atoms with Gasteiger partial charge in [-0.15, -0.1) is 0 Å². The van der Waals surface area contributed by atoms with E-state index >= 15 is 0 Å². The summed E-state index contributed by atoms with van der Waals surface area (Å²) in [4.78, 5) is 4.24. The predicted molar refractivity (Wildman–Crippen MR) is 65.8 cm³/mol. The zero-order valence-corrected chi connectivity index (χ0v) is 11.0. The standard InChI is InChI=1S/C12H16BrNO2/c1-9-6-10(13)7-14-12(9)16-8-11-4-2-3-5-15-11/h6-7,11H,2-5,8H2,1H3. The van der Waals surface area contributed by atoms with Crippen molar-refractivity contribution in [3.8, 4) is 5.88 Å². The van der Waals surface area contributed by atoms with Gasteiger partial charge in [0.2, 0.25) is 5.88 Å². The fraction of sp³-hybridized carbons (Fsp3) is 0.583. The average Bonchev–Trinajstić information content (AvgIpc) is 2.29. The highest BCUT2D eigenvalue weighted by Gasteiger charge is 2.15. The van der Waals surface area contributed by atoms with Crippen LogP contribution >= 0.6 is 15.9 Å². The highest BCUT2D eigenvalue weighted by atomic mass is 79.9. The number of nitrogens with zero attached hydrogens (tertiary/aromatic N) is 1. The van der Waals surface area contributed by atoms with Gasteiger partial charge in [-0.25, -0.2) is 4.98 Å². The molecule has 1 fully saturated rings. The summed E-state index contributed by atoms with van der Waals surface area (Å²) >= 11 is 3.38. The summed E-state index contributed by atoms with van der Waals surface area (Å²) in [5, 5.41) is 0. The molecule has 1 aromatic heterocycles. The summed E-state index contributed by atoms with van der Waals surface area (Å²) < 4.78 is 12.3. The molecule has 1 atom stereocenters. The van der Waals surface area contributed by atoms with Crippen LogP contribution in [0.15, 0.2) is 16.7 Å². The summed E-state index contributed by atoms with van der Waals surface area (Å²) in [6.07, 6.45) is 5.49. The first-order chi connectivity index (χ1) is 7.75. The van der Waals surface area contributed by atoms with Crippen molar-refractivity contribution in [1.29, 1.82) is 0 Å². The molecule has 0 radical (unpaired) electrons. The van der Waals surface area contributed by atoms with Crippen LogP contribution in [0.1, 0.15) is 24.8 Å². The third-order valence-corrected chi connectivity index (χ3v) is 3.11. The van der Waals surface area contributed by atoms with Gasteiger partial charge in [-0.05, 0) is 48.2 Å². The molecule has 2 rings (SSSR count). The number of ether oxygens (including phenoxy) is 2. The molecule has 1 unspecified atom stereocenters. The first-order valence-corrected chi connectivity index (χ1v) is 6.41. The molecule has 0 N–H and O–H groups in total. The number of hydrogen-bond acceptors (Lipinski definition) is 3. The molecule has 0 spiro atoms. The molecule has 1 saturated heterocycles. The third kappa shape index (κ3) is 3.19. The highest BCUT2D eigenvalue weighted by Crippen LogP contribution is 2.20. The number of aromatic nitrogens is 1. The predicted octanol–water partition coefficient (Wildman–Crippen LogP) is 3.10. The lowest BCUT2D eigenvalue weighted by Crippen LogP contribution is -2.26. The lowest BCUT2D eigenvalue weighted by atomic mass is 10.1. The van der Waals surface area contributed by atoms with E-state index in [1.54, 1.807) is 6.20 Å². The highest BCUT2D eigenvalue weighted by molar-refractivity contribution is 9.10. The molecule has 0 bridgehead atoms. The number of pyridine rings is 1. The van der Waals surface area contributed by atoms with Crippen LogP contribution in [0, 0.1) is 6.92 Å². The molecular weight excluding hydrogens is 270 g/mol. The quantitative estimate of drug-likeness (QED) is 0.855. The van der Waals surface area contributed by atoms with Gasteiger partial charge in [-0.1, -0.05) is 0 Å². The number of aryl methyl sites for hydroxylation is 1. The van der Waals surface area contributed by atoms with Crippen LogP contribution in [0.25, 0.3) is 0 Å². The maximum atomic E-state index is 5.67. The van der Waals surface area contributed by atoms with Gasteiger partial charge in [0.15, 0.2) is 0 Å². The fourth-order valence-electron chi connectivity index (χ4n) is 1.79. The first-order valence-electron chi connectivity index (χ1n) is 5.62. The van der Waals surface area contributed by atoms with Crippen LogP contribution < -0.4 is 4.74 Å². The van der Waals surface area contributed by atoms with Crippen molar-refractivity contribution in [3.63, 3.8) is 0 Å². The Morgan fingerprint density at radius 2 is 2.44 bits per heavy atom. The second kappa shape index (κ2) is 5.64. The van der Waals surface area contributed by atoms with E-state index in [0.717, 1.165) is 23.1 Å². The minimum Gasteiger partial charge on any atom is -0.475 e. The van der Waals surface area contributed by atoms with E-state index in [4.69, 9.17) is 9.47 Å². The molecule has 4 heteroatoms. The Balaban J connectivity index is 1.88. The van der Waals surface area contributed by atoms with Crippen molar-refractivity contribution in [3.05, 3.63) is 22.3 Å². The van der Waals surface area contributed by atoms with E-state index in [9.17, 15) is 0 Å². The van der Waals surface area contributed by atoms with Crippen molar-refractivity contribution >= 4 is 15.9 Å². The van der Waals surface area contributed by atoms with Gasteiger partial charge in [0.05, 0.1) is 6.10 Å². The Hall–Kier alpha value is -0.610. The smallest absolute Gasteiger partial charge is 0.216 e. The summed E-state index contributed by atoms with van der Waals surface area (Å²) in [5.74, 6) is 0.706. The zero-order valence-electron chi connectivity index (χ0n) is 9.41. The second-order valence-electron chi connectivity index (χ2n) is 4.08. The van der Waals surface area contributed by atoms with Gasteiger partial charge in [-0.2, -0.15) is 0 Å². The van der Waals surface area contributed by atoms with Gasteiger partial charge < -0.3 is 9.47 Å². The summed E-state index contributed by atoms with van der Waals surface area (Å²) in [6, 6.07) is 2.00. The van der Waals surface area contributed by atoms with Crippen molar-refractivity contribution in [1.82, 2.24) is 4.98 Å². The summed E-state index contributed by atoms with van der Waals surface area (Å²) in [7, 11) is 0. The van der Waals surface area contributed by atoms with Crippen molar-refractivity contribution < 1.29 is 9.47 Å². The molecule has 3 nitrogen and oxygen atoms in total. The average molecular weight is 286 g/mol. The minimum atomic E-state index is 0.235. The second-order valence-corrected chi connectivity index (χ2v) is 4.99. The lowest BCUT2D eigenvalue weighted by Gasteiger charge is -2.22. The normalized spacial score (nSPS) is 20.8. The number of rotatable bonds is 3. The summed E-state index contributed by atoms with van der Waals surface area (Å²) in [6.45, 7) is 3.46. The van der Waals surface area contributed by atoms with E-state index in [-0.39, 0.29) is 6.10 Å². The molecule has 1 aliphatic rings. The van der Waals surface area contributed by atoms with Gasteiger partial charge in [-0.3, -0.25) is 0 Å². The van der Waals surface area contributed by atoms with Crippen LogP contribution in [0.5, 0.6) is 5.88 Å². The van der Waals surface area contributed by atoms with E-state index in [2.05, 4.69) is 20.9 Å². The monoisotopic (exact) mass is 285 g/mol. The topological polar surface area (TPSA) is 31.4 Å². The third-order valence-electron chi connectivity index (χ3n) is 2.68. The molecule has 0 aliphatic carbocycles. The molecule has 16 heavy (non-hydrogen) atoms. The molecule has 0 saturated carbocycles. The molecule has 1 aromatic rings. The van der Waals surface area contributed by atoms with Crippen molar-refractivity contribution in [2.45, 2.75) is 32.3 Å². The maximum absolute atomic E-state index is 5.67. The van der Waals surface area contributed by atoms with Crippen molar-refractivity contribution in [2.24, 2.45) is 0 Å². The largest absolute Gasteiger partial charge is 0.475 e. The molecule has 0 aromatic carbocycles. The minimum absolute atomic E-state index is 0.235. The van der Waals surface area contributed by atoms with Gasteiger partial charge in [0.25, 0.3) is 0 Å². The molecule has 1 aliphatic heterocycles. The molecular formula is C12H16BrNO2.